The van der Waals surface area contributed by atoms with Crippen molar-refractivity contribution < 1.29 is 0 Å². The zero-order chi connectivity index (χ0) is 7.82. The maximum absolute atomic E-state index is 3.83. The molecule has 0 aromatic heterocycles. The van der Waals surface area contributed by atoms with Crippen LogP contribution in [0.5, 0.6) is 0 Å². The SMILES string of the molecule is C=CC(CCC)CCCC. The highest BCUT2D eigenvalue weighted by Gasteiger charge is 2.00. The van der Waals surface area contributed by atoms with Crippen molar-refractivity contribution in [1.82, 2.24) is 0 Å². The zero-order valence-corrected chi connectivity index (χ0v) is 7.40. The number of hydrogen-bond acceptors (Lipinski definition) is 0. The summed E-state index contributed by atoms with van der Waals surface area (Å²) >= 11 is 0. The summed E-state index contributed by atoms with van der Waals surface area (Å²) < 4.78 is 0. The van der Waals surface area contributed by atoms with Crippen LogP contribution in [0.3, 0.4) is 0 Å². The summed E-state index contributed by atoms with van der Waals surface area (Å²) in [7, 11) is 0. The standard InChI is InChI=1S/C10H20/c1-4-7-9-10(6-3)8-5-2/h6,10H,3-5,7-9H2,1-2H3. The van der Waals surface area contributed by atoms with Gasteiger partial charge in [-0.2, -0.15) is 0 Å². The number of hydrogen-bond donors (Lipinski definition) is 0. The van der Waals surface area contributed by atoms with Crippen LogP contribution in [0.25, 0.3) is 0 Å². The number of unbranched alkanes of at least 4 members (excludes halogenated alkanes) is 1. The van der Waals surface area contributed by atoms with Crippen LogP contribution >= 0.6 is 0 Å². The summed E-state index contributed by atoms with van der Waals surface area (Å²) in [6, 6.07) is 0. The van der Waals surface area contributed by atoms with Crippen molar-refractivity contribution >= 4 is 0 Å². The van der Waals surface area contributed by atoms with Gasteiger partial charge in [0.05, 0.1) is 0 Å². The second-order valence-corrected chi connectivity index (χ2v) is 2.93. The smallest absolute Gasteiger partial charge is 0.0236 e. The maximum atomic E-state index is 3.83. The molecule has 10 heavy (non-hydrogen) atoms. The predicted octanol–water partition coefficient (Wildman–Crippen LogP) is 3.78. The Balaban J connectivity index is 3.29. The van der Waals surface area contributed by atoms with Gasteiger partial charge in [0.1, 0.15) is 0 Å². The highest BCUT2D eigenvalue weighted by Crippen LogP contribution is 2.14. The minimum atomic E-state index is 0.782. The Morgan fingerprint density at radius 2 is 1.90 bits per heavy atom. The average molecular weight is 140 g/mol. The van der Waals surface area contributed by atoms with Gasteiger partial charge in [-0.1, -0.05) is 39.2 Å². The summed E-state index contributed by atoms with van der Waals surface area (Å²) in [6.45, 7) is 8.31. The van der Waals surface area contributed by atoms with E-state index in [0.29, 0.717) is 0 Å². The maximum Gasteiger partial charge on any atom is -0.0236 e. The van der Waals surface area contributed by atoms with Crippen LogP contribution in [0.4, 0.5) is 0 Å². The van der Waals surface area contributed by atoms with E-state index in [0.717, 1.165) is 5.92 Å². The largest absolute Gasteiger partial charge is 0.103 e. The molecule has 0 nitrogen and oxygen atoms in total. The molecule has 60 valence electrons. The fourth-order valence-corrected chi connectivity index (χ4v) is 1.22. The Kier molecular flexibility index (Phi) is 6.68. The van der Waals surface area contributed by atoms with E-state index in [9.17, 15) is 0 Å². The lowest BCUT2D eigenvalue weighted by Gasteiger charge is -2.08. The van der Waals surface area contributed by atoms with Gasteiger partial charge in [-0.05, 0) is 18.8 Å². The first-order chi connectivity index (χ1) is 4.85. The third-order valence-electron chi connectivity index (χ3n) is 1.92. The van der Waals surface area contributed by atoms with Crippen LogP contribution < -0.4 is 0 Å². The number of allylic oxidation sites excluding steroid dienone is 1. The van der Waals surface area contributed by atoms with Gasteiger partial charge in [0.15, 0.2) is 0 Å². The molecule has 1 unspecified atom stereocenters. The van der Waals surface area contributed by atoms with Crippen LogP contribution in [0.15, 0.2) is 12.7 Å². The van der Waals surface area contributed by atoms with Crippen molar-refractivity contribution in [2.45, 2.75) is 46.0 Å². The Morgan fingerprint density at radius 1 is 1.20 bits per heavy atom. The molecule has 0 aromatic rings. The molecular weight excluding hydrogens is 120 g/mol. The summed E-state index contributed by atoms with van der Waals surface area (Å²) in [5, 5.41) is 0. The molecule has 0 saturated carbocycles. The molecule has 0 aliphatic heterocycles. The second kappa shape index (κ2) is 6.85. The molecule has 0 aromatic carbocycles. The predicted molar refractivity (Wildman–Crippen MR) is 48.1 cm³/mol. The molecule has 0 heterocycles. The first-order valence-corrected chi connectivity index (χ1v) is 4.47. The van der Waals surface area contributed by atoms with Crippen molar-refractivity contribution in [2.24, 2.45) is 5.92 Å². The number of rotatable bonds is 6. The Hall–Kier alpha value is -0.260. The van der Waals surface area contributed by atoms with E-state index < -0.39 is 0 Å². The second-order valence-electron chi connectivity index (χ2n) is 2.93. The molecule has 0 radical (unpaired) electrons. The van der Waals surface area contributed by atoms with Gasteiger partial charge >= 0.3 is 0 Å². The minimum Gasteiger partial charge on any atom is -0.103 e. The summed E-state index contributed by atoms with van der Waals surface area (Å²) in [6.07, 6.45) is 8.74. The molecule has 0 saturated heterocycles. The third kappa shape index (κ3) is 4.60. The molecule has 0 bridgehead atoms. The fourth-order valence-electron chi connectivity index (χ4n) is 1.22. The lowest BCUT2D eigenvalue weighted by atomic mass is 9.98. The van der Waals surface area contributed by atoms with Crippen LogP contribution in [-0.2, 0) is 0 Å². The third-order valence-corrected chi connectivity index (χ3v) is 1.92. The molecule has 0 amide bonds. The fraction of sp³-hybridized carbons (Fsp3) is 0.800. The Bertz CT molecular complexity index is 74.1. The first kappa shape index (κ1) is 9.74. The molecule has 0 aliphatic carbocycles. The van der Waals surface area contributed by atoms with Gasteiger partial charge in [-0.25, -0.2) is 0 Å². The van der Waals surface area contributed by atoms with Crippen molar-refractivity contribution in [2.75, 3.05) is 0 Å². The lowest BCUT2D eigenvalue weighted by Crippen LogP contribution is -1.94. The van der Waals surface area contributed by atoms with Gasteiger partial charge in [0, 0.05) is 0 Å². The average Bonchev–Trinajstić information content (AvgIpc) is 1.98. The van der Waals surface area contributed by atoms with Gasteiger partial charge in [-0.15, -0.1) is 6.58 Å². The molecule has 0 rings (SSSR count). The van der Waals surface area contributed by atoms with Crippen molar-refractivity contribution in [3.05, 3.63) is 12.7 Å². The molecule has 0 heteroatoms. The van der Waals surface area contributed by atoms with Crippen molar-refractivity contribution in [1.29, 1.82) is 0 Å². The highest BCUT2D eigenvalue weighted by atomic mass is 14.1. The van der Waals surface area contributed by atoms with Crippen LogP contribution in [0, 0.1) is 5.92 Å². The highest BCUT2D eigenvalue weighted by molar-refractivity contribution is 4.77. The van der Waals surface area contributed by atoms with E-state index in [1.54, 1.807) is 0 Å². The van der Waals surface area contributed by atoms with E-state index in [2.05, 4.69) is 26.5 Å². The van der Waals surface area contributed by atoms with Crippen molar-refractivity contribution in [3.8, 4) is 0 Å². The van der Waals surface area contributed by atoms with Crippen LogP contribution in [0.2, 0.25) is 0 Å². The monoisotopic (exact) mass is 140 g/mol. The van der Waals surface area contributed by atoms with E-state index in [4.69, 9.17) is 0 Å². The topological polar surface area (TPSA) is 0 Å². The van der Waals surface area contributed by atoms with Gasteiger partial charge in [0.25, 0.3) is 0 Å². The molecule has 0 N–H and O–H groups in total. The van der Waals surface area contributed by atoms with Gasteiger partial charge < -0.3 is 0 Å². The normalized spacial score (nSPS) is 13.0. The Morgan fingerprint density at radius 3 is 2.30 bits per heavy atom. The molecule has 0 spiro atoms. The molecule has 0 aliphatic rings. The van der Waals surface area contributed by atoms with E-state index in [1.807, 2.05) is 0 Å². The first-order valence-electron chi connectivity index (χ1n) is 4.47. The van der Waals surface area contributed by atoms with E-state index in [1.165, 1.54) is 32.1 Å². The van der Waals surface area contributed by atoms with E-state index in [-0.39, 0.29) is 0 Å². The lowest BCUT2D eigenvalue weighted by molar-refractivity contribution is 0.513. The quantitative estimate of drug-likeness (QED) is 0.492. The van der Waals surface area contributed by atoms with Crippen molar-refractivity contribution in [3.63, 3.8) is 0 Å². The summed E-state index contributed by atoms with van der Waals surface area (Å²) in [5.41, 5.74) is 0. The van der Waals surface area contributed by atoms with Gasteiger partial charge in [0.2, 0.25) is 0 Å². The summed E-state index contributed by atoms with van der Waals surface area (Å²) in [4.78, 5) is 0. The van der Waals surface area contributed by atoms with E-state index >= 15 is 0 Å². The van der Waals surface area contributed by atoms with Gasteiger partial charge in [-0.3, -0.25) is 0 Å². The molecule has 1 atom stereocenters. The minimum absolute atomic E-state index is 0.782. The molecule has 0 fully saturated rings. The zero-order valence-electron chi connectivity index (χ0n) is 7.40. The van der Waals surface area contributed by atoms with Crippen LogP contribution in [0.1, 0.15) is 46.0 Å². The molecular formula is C10H20. The Labute approximate surface area is 65.3 Å². The van der Waals surface area contributed by atoms with Crippen LogP contribution in [-0.4, -0.2) is 0 Å². The summed E-state index contributed by atoms with van der Waals surface area (Å²) in [5.74, 6) is 0.782.